The van der Waals surface area contributed by atoms with Gasteiger partial charge < -0.3 is 10.6 Å². The van der Waals surface area contributed by atoms with Crippen LogP contribution in [0.2, 0.25) is 0 Å². The predicted octanol–water partition coefficient (Wildman–Crippen LogP) is 2.01. The van der Waals surface area contributed by atoms with Gasteiger partial charge in [-0.25, -0.2) is 0 Å². The topological polar surface area (TPSA) is 53.5 Å². The first-order chi connectivity index (χ1) is 8.71. The van der Waals surface area contributed by atoms with Gasteiger partial charge in [-0.05, 0) is 12.3 Å². The van der Waals surface area contributed by atoms with Crippen molar-refractivity contribution in [1.82, 2.24) is 10.6 Å². The van der Waals surface area contributed by atoms with Crippen molar-refractivity contribution < 1.29 is 4.79 Å². The lowest BCUT2D eigenvalue weighted by atomic mass is 9.99. The number of carbonyl (C=O) groups excluding carboxylic acids is 1. The molecule has 1 atom stereocenters. The van der Waals surface area contributed by atoms with Crippen LogP contribution in [0.15, 0.2) is 4.99 Å². The average Bonchev–Trinajstić information content (AvgIpc) is 2.84. The number of hydrogen-bond acceptors (Lipinski definition) is 4. The van der Waals surface area contributed by atoms with Crippen LogP contribution < -0.4 is 10.6 Å². The van der Waals surface area contributed by atoms with E-state index in [1.807, 2.05) is 6.92 Å². The second-order valence-electron chi connectivity index (χ2n) is 4.58. The first-order valence-corrected chi connectivity index (χ1v) is 7.80. The van der Waals surface area contributed by atoms with Crippen molar-refractivity contribution in [2.45, 2.75) is 45.3 Å². The van der Waals surface area contributed by atoms with Crippen molar-refractivity contribution >= 4 is 22.8 Å². The van der Waals surface area contributed by atoms with E-state index >= 15 is 0 Å². The van der Waals surface area contributed by atoms with Crippen molar-refractivity contribution in [3.8, 4) is 0 Å². The van der Waals surface area contributed by atoms with Gasteiger partial charge in [-0.2, -0.15) is 0 Å². The molecular weight excluding hydrogens is 246 g/mol. The third kappa shape index (κ3) is 4.88. The summed E-state index contributed by atoms with van der Waals surface area (Å²) in [4.78, 5) is 15.9. The smallest absolute Gasteiger partial charge is 0.239 e. The van der Waals surface area contributed by atoms with Gasteiger partial charge in [0, 0.05) is 11.8 Å². The third-order valence-electron chi connectivity index (χ3n) is 3.22. The molecule has 5 heteroatoms. The molecule has 0 saturated carbocycles. The molecule has 2 N–H and O–H groups in total. The normalized spacial score (nSPS) is 18.9. The molecule has 1 aliphatic heterocycles. The van der Waals surface area contributed by atoms with E-state index in [-0.39, 0.29) is 5.91 Å². The largest absolute Gasteiger partial charge is 0.356 e. The van der Waals surface area contributed by atoms with E-state index in [2.05, 4.69) is 29.5 Å². The fourth-order valence-electron chi connectivity index (χ4n) is 2.03. The number of rotatable bonds is 7. The molecule has 0 spiro atoms. The standard InChI is InChI=1S/C13H25N3OS/c1-4-7-14-12(17)9-16-13-15-8-11(18-13)10(5-2)6-3/h10-11H,4-9H2,1-3H3,(H,14,17)(H,15,16). The van der Waals surface area contributed by atoms with Crippen LogP contribution in [-0.4, -0.2) is 36.0 Å². The van der Waals surface area contributed by atoms with Gasteiger partial charge in [0.15, 0.2) is 5.17 Å². The van der Waals surface area contributed by atoms with Gasteiger partial charge in [0.1, 0.15) is 0 Å². The van der Waals surface area contributed by atoms with Crippen molar-refractivity contribution in [1.29, 1.82) is 0 Å². The summed E-state index contributed by atoms with van der Waals surface area (Å²) in [6.07, 6.45) is 3.38. The number of aliphatic imine (C=N–C) groups is 1. The van der Waals surface area contributed by atoms with Crippen LogP contribution in [0.1, 0.15) is 40.0 Å². The molecule has 1 rings (SSSR count). The lowest BCUT2D eigenvalue weighted by Gasteiger charge is -2.18. The van der Waals surface area contributed by atoms with Crippen LogP contribution in [0.3, 0.4) is 0 Å². The Kier molecular flexibility index (Phi) is 7.16. The van der Waals surface area contributed by atoms with Crippen LogP contribution >= 0.6 is 11.8 Å². The Hall–Kier alpha value is -0.710. The van der Waals surface area contributed by atoms with E-state index < -0.39 is 0 Å². The average molecular weight is 271 g/mol. The lowest BCUT2D eigenvalue weighted by Crippen LogP contribution is -2.36. The van der Waals surface area contributed by atoms with Crippen molar-refractivity contribution in [3.05, 3.63) is 0 Å². The van der Waals surface area contributed by atoms with E-state index in [4.69, 9.17) is 0 Å². The Morgan fingerprint density at radius 2 is 2.17 bits per heavy atom. The molecule has 0 aromatic rings. The molecule has 1 aliphatic rings. The Morgan fingerprint density at radius 3 is 2.78 bits per heavy atom. The van der Waals surface area contributed by atoms with E-state index in [1.165, 1.54) is 12.8 Å². The van der Waals surface area contributed by atoms with E-state index in [9.17, 15) is 4.79 Å². The molecule has 1 heterocycles. The number of amidine groups is 1. The summed E-state index contributed by atoms with van der Waals surface area (Å²) in [5, 5.41) is 7.48. The summed E-state index contributed by atoms with van der Waals surface area (Å²) < 4.78 is 0. The Labute approximate surface area is 114 Å². The summed E-state index contributed by atoms with van der Waals surface area (Å²) in [6, 6.07) is 0. The zero-order chi connectivity index (χ0) is 13.4. The molecule has 0 saturated heterocycles. The minimum Gasteiger partial charge on any atom is -0.356 e. The molecule has 1 unspecified atom stereocenters. The molecule has 0 aromatic carbocycles. The first kappa shape index (κ1) is 15.3. The van der Waals surface area contributed by atoms with Crippen LogP contribution in [-0.2, 0) is 4.79 Å². The molecule has 0 aliphatic carbocycles. The maximum Gasteiger partial charge on any atom is 0.239 e. The SMILES string of the molecule is CCCNC(=O)CNC1=NCC(C(CC)CC)S1. The lowest BCUT2D eigenvalue weighted by molar-refractivity contribution is -0.119. The molecular formula is C13H25N3OS. The summed E-state index contributed by atoms with van der Waals surface area (Å²) in [6.45, 7) is 8.48. The van der Waals surface area contributed by atoms with Gasteiger partial charge in [0.25, 0.3) is 0 Å². The predicted molar refractivity (Wildman–Crippen MR) is 79.1 cm³/mol. The number of nitrogens with one attached hydrogen (secondary N) is 2. The highest BCUT2D eigenvalue weighted by atomic mass is 32.2. The van der Waals surface area contributed by atoms with Gasteiger partial charge in [-0.3, -0.25) is 9.79 Å². The minimum atomic E-state index is 0.0473. The van der Waals surface area contributed by atoms with Crippen LogP contribution in [0.25, 0.3) is 0 Å². The monoisotopic (exact) mass is 271 g/mol. The van der Waals surface area contributed by atoms with Crippen molar-refractivity contribution in [3.63, 3.8) is 0 Å². The second-order valence-corrected chi connectivity index (χ2v) is 5.81. The minimum absolute atomic E-state index is 0.0473. The van der Waals surface area contributed by atoms with Crippen molar-refractivity contribution in [2.75, 3.05) is 19.6 Å². The van der Waals surface area contributed by atoms with Gasteiger partial charge >= 0.3 is 0 Å². The first-order valence-electron chi connectivity index (χ1n) is 6.92. The maximum atomic E-state index is 11.4. The highest BCUT2D eigenvalue weighted by molar-refractivity contribution is 8.14. The molecule has 0 fully saturated rings. The van der Waals surface area contributed by atoms with E-state index in [1.54, 1.807) is 11.8 Å². The Balaban J connectivity index is 2.23. The summed E-state index contributed by atoms with van der Waals surface area (Å²) in [5.41, 5.74) is 0. The van der Waals surface area contributed by atoms with E-state index in [0.717, 1.165) is 30.6 Å². The summed E-state index contributed by atoms with van der Waals surface area (Å²) >= 11 is 1.79. The van der Waals surface area contributed by atoms with Gasteiger partial charge in [-0.1, -0.05) is 45.4 Å². The molecule has 0 bridgehead atoms. The van der Waals surface area contributed by atoms with Crippen LogP contribution in [0.4, 0.5) is 0 Å². The van der Waals surface area contributed by atoms with Gasteiger partial charge in [0.2, 0.25) is 5.91 Å². The number of thioether (sulfide) groups is 1. The highest BCUT2D eigenvalue weighted by Crippen LogP contribution is 2.30. The quantitative estimate of drug-likeness (QED) is 0.745. The van der Waals surface area contributed by atoms with Crippen LogP contribution in [0, 0.1) is 5.92 Å². The summed E-state index contributed by atoms with van der Waals surface area (Å²) in [5.74, 6) is 0.776. The zero-order valence-corrected chi connectivity index (χ0v) is 12.5. The van der Waals surface area contributed by atoms with Crippen molar-refractivity contribution in [2.24, 2.45) is 10.9 Å². The molecule has 0 radical (unpaired) electrons. The Bertz CT molecular complexity index is 290. The highest BCUT2D eigenvalue weighted by Gasteiger charge is 2.25. The fraction of sp³-hybridized carbons (Fsp3) is 0.846. The number of nitrogens with zero attached hydrogens (tertiary/aromatic N) is 1. The van der Waals surface area contributed by atoms with E-state index in [0.29, 0.717) is 11.8 Å². The number of amides is 1. The van der Waals surface area contributed by atoms with Crippen LogP contribution in [0.5, 0.6) is 0 Å². The summed E-state index contributed by atoms with van der Waals surface area (Å²) in [7, 11) is 0. The third-order valence-corrected chi connectivity index (χ3v) is 4.56. The number of hydrogen-bond donors (Lipinski definition) is 2. The molecule has 18 heavy (non-hydrogen) atoms. The zero-order valence-electron chi connectivity index (χ0n) is 11.7. The molecule has 104 valence electrons. The molecule has 0 aromatic heterocycles. The fourth-order valence-corrected chi connectivity index (χ4v) is 3.35. The molecule has 4 nitrogen and oxygen atoms in total. The maximum absolute atomic E-state index is 11.4. The Morgan fingerprint density at radius 1 is 1.44 bits per heavy atom. The second kappa shape index (κ2) is 8.40. The van der Waals surface area contributed by atoms with Gasteiger partial charge in [-0.15, -0.1) is 0 Å². The molecule has 1 amide bonds. The number of carbonyl (C=O) groups is 1. The van der Waals surface area contributed by atoms with Gasteiger partial charge in [0.05, 0.1) is 13.1 Å².